The second-order valence-electron chi connectivity index (χ2n) is 4.00. The number of ether oxygens (including phenoxy) is 1. The molecule has 0 amide bonds. The van der Waals surface area contributed by atoms with Crippen molar-refractivity contribution in [2.45, 2.75) is 26.3 Å². The van der Waals surface area contributed by atoms with Crippen LogP contribution in [0.15, 0.2) is 18.2 Å². The van der Waals surface area contributed by atoms with Crippen LogP contribution >= 0.6 is 0 Å². The van der Waals surface area contributed by atoms with Crippen molar-refractivity contribution in [3.05, 3.63) is 35.4 Å². The smallest absolute Gasteiger partial charge is 0.330 e. The Bertz CT molecular complexity index is 437. The number of carbonyl (C=O) groups excluding carboxylic acids is 1. The number of carbonyl (C=O) groups is 1. The number of hydrogen-bond donors (Lipinski definition) is 1. The summed E-state index contributed by atoms with van der Waals surface area (Å²) in [6.07, 6.45) is 0. The molecule has 1 rings (SSSR count). The number of halogens is 2. The van der Waals surface area contributed by atoms with Crippen molar-refractivity contribution in [3.8, 4) is 0 Å². The van der Waals surface area contributed by atoms with Gasteiger partial charge in [-0.15, -0.1) is 0 Å². The monoisotopic (exact) mass is 257 g/mol. The molecule has 1 N–H and O–H groups in total. The number of nitrogens with one attached hydrogen (secondary N) is 1. The van der Waals surface area contributed by atoms with Crippen LogP contribution in [0.25, 0.3) is 0 Å². The van der Waals surface area contributed by atoms with E-state index in [-0.39, 0.29) is 12.2 Å². The van der Waals surface area contributed by atoms with Crippen molar-refractivity contribution < 1.29 is 18.3 Å². The van der Waals surface area contributed by atoms with E-state index in [9.17, 15) is 13.6 Å². The average molecular weight is 257 g/mol. The van der Waals surface area contributed by atoms with Crippen LogP contribution in [0.5, 0.6) is 0 Å². The fourth-order valence-corrected chi connectivity index (χ4v) is 1.80. The minimum atomic E-state index is -1.32. The first-order valence-corrected chi connectivity index (χ1v) is 5.83. The Morgan fingerprint density at radius 2 is 2.06 bits per heavy atom. The van der Waals surface area contributed by atoms with Gasteiger partial charge in [0.05, 0.1) is 6.61 Å². The van der Waals surface area contributed by atoms with E-state index >= 15 is 0 Å². The number of hydrogen-bond acceptors (Lipinski definition) is 3. The number of likely N-dealkylation sites (N-methyl/N-ethyl adjacent to an activating group) is 1. The first-order chi connectivity index (χ1) is 8.45. The van der Waals surface area contributed by atoms with Gasteiger partial charge in [-0.3, -0.25) is 5.32 Å². The fourth-order valence-electron chi connectivity index (χ4n) is 1.80. The first kappa shape index (κ1) is 14.6. The third-order valence-corrected chi connectivity index (χ3v) is 2.68. The molecule has 0 spiro atoms. The van der Waals surface area contributed by atoms with Crippen LogP contribution in [0.3, 0.4) is 0 Å². The van der Waals surface area contributed by atoms with Crippen LogP contribution in [0, 0.1) is 11.6 Å². The molecule has 5 heteroatoms. The summed E-state index contributed by atoms with van der Waals surface area (Å²) in [5.41, 5.74) is -1.24. The summed E-state index contributed by atoms with van der Waals surface area (Å²) >= 11 is 0. The zero-order valence-electron chi connectivity index (χ0n) is 10.7. The first-order valence-electron chi connectivity index (χ1n) is 5.83. The van der Waals surface area contributed by atoms with Gasteiger partial charge < -0.3 is 4.74 Å². The molecule has 1 atom stereocenters. The minimum Gasteiger partial charge on any atom is -0.464 e. The summed E-state index contributed by atoms with van der Waals surface area (Å²) in [5, 5.41) is 2.88. The molecule has 0 aliphatic heterocycles. The van der Waals surface area contributed by atoms with Crippen molar-refractivity contribution in [2.24, 2.45) is 0 Å². The SMILES string of the molecule is CCNC(C)(C(=O)OCC)c1ccc(F)cc1F. The van der Waals surface area contributed by atoms with Crippen LogP contribution in [-0.4, -0.2) is 19.1 Å². The molecule has 0 fully saturated rings. The molecule has 18 heavy (non-hydrogen) atoms. The molecule has 1 aromatic rings. The van der Waals surface area contributed by atoms with Crippen LogP contribution in [0.2, 0.25) is 0 Å². The molecule has 0 saturated carbocycles. The summed E-state index contributed by atoms with van der Waals surface area (Å²) in [4.78, 5) is 11.9. The molecule has 100 valence electrons. The van der Waals surface area contributed by atoms with Gasteiger partial charge in [0, 0.05) is 11.6 Å². The Balaban J connectivity index is 3.21. The van der Waals surface area contributed by atoms with Gasteiger partial charge in [0.15, 0.2) is 0 Å². The van der Waals surface area contributed by atoms with Gasteiger partial charge in [-0.2, -0.15) is 0 Å². The van der Waals surface area contributed by atoms with Crippen molar-refractivity contribution in [1.29, 1.82) is 0 Å². The van der Waals surface area contributed by atoms with Crippen LogP contribution in [0.1, 0.15) is 26.3 Å². The van der Waals surface area contributed by atoms with E-state index in [1.54, 1.807) is 13.8 Å². The van der Waals surface area contributed by atoms with E-state index in [2.05, 4.69) is 5.32 Å². The molecule has 3 nitrogen and oxygen atoms in total. The lowest BCUT2D eigenvalue weighted by Gasteiger charge is -2.28. The number of rotatable bonds is 5. The predicted octanol–water partition coefficient (Wildman–Crippen LogP) is 2.35. The molecule has 1 unspecified atom stereocenters. The second kappa shape index (κ2) is 5.91. The molecule has 0 aromatic heterocycles. The zero-order chi connectivity index (χ0) is 13.8. The normalized spacial score (nSPS) is 14.1. The highest BCUT2D eigenvalue weighted by atomic mass is 19.1. The highest BCUT2D eigenvalue weighted by Crippen LogP contribution is 2.25. The second-order valence-corrected chi connectivity index (χ2v) is 4.00. The molecule has 0 heterocycles. The van der Waals surface area contributed by atoms with E-state index in [1.165, 1.54) is 13.0 Å². The van der Waals surface area contributed by atoms with Gasteiger partial charge in [0.2, 0.25) is 0 Å². The maximum atomic E-state index is 13.8. The highest BCUT2D eigenvalue weighted by Gasteiger charge is 2.38. The topological polar surface area (TPSA) is 38.3 Å². The van der Waals surface area contributed by atoms with E-state index in [0.717, 1.165) is 12.1 Å². The lowest BCUT2D eigenvalue weighted by molar-refractivity contribution is -0.151. The molecule has 0 aliphatic rings. The molecule has 0 aliphatic carbocycles. The molecular weight excluding hydrogens is 240 g/mol. The van der Waals surface area contributed by atoms with Crippen molar-refractivity contribution in [1.82, 2.24) is 5.32 Å². The fraction of sp³-hybridized carbons (Fsp3) is 0.462. The Hall–Kier alpha value is -1.49. The molecule has 1 aromatic carbocycles. The molecule has 0 radical (unpaired) electrons. The third-order valence-electron chi connectivity index (χ3n) is 2.68. The van der Waals surface area contributed by atoms with Gasteiger partial charge in [-0.05, 0) is 26.5 Å². The average Bonchev–Trinajstić information content (AvgIpc) is 2.29. The lowest BCUT2D eigenvalue weighted by Crippen LogP contribution is -2.48. The van der Waals surface area contributed by atoms with Gasteiger partial charge in [-0.25, -0.2) is 13.6 Å². The van der Waals surface area contributed by atoms with Crippen molar-refractivity contribution in [2.75, 3.05) is 13.2 Å². The van der Waals surface area contributed by atoms with Crippen LogP contribution in [-0.2, 0) is 15.1 Å². The van der Waals surface area contributed by atoms with Gasteiger partial charge in [-0.1, -0.05) is 13.0 Å². The Morgan fingerprint density at radius 1 is 1.39 bits per heavy atom. The van der Waals surface area contributed by atoms with Crippen LogP contribution < -0.4 is 5.32 Å². The summed E-state index contributed by atoms with van der Waals surface area (Å²) in [6, 6.07) is 3.13. The molecular formula is C13H17F2NO2. The summed E-state index contributed by atoms with van der Waals surface area (Å²) in [6.45, 7) is 5.63. The largest absolute Gasteiger partial charge is 0.464 e. The standard InChI is InChI=1S/C13H17F2NO2/c1-4-16-13(3,12(17)18-5-2)10-7-6-9(14)8-11(10)15/h6-8,16H,4-5H2,1-3H3. The minimum absolute atomic E-state index is 0.0733. The molecule has 0 bridgehead atoms. The quantitative estimate of drug-likeness (QED) is 0.823. The number of esters is 1. The van der Waals surface area contributed by atoms with Crippen LogP contribution in [0.4, 0.5) is 8.78 Å². The van der Waals surface area contributed by atoms with Gasteiger partial charge in [0.25, 0.3) is 0 Å². The molecule has 0 saturated heterocycles. The third kappa shape index (κ3) is 2.85. The highest BCUT2D eigenvalue weighted by molar-refractivity contribution is 5.82. The Labute approximate surface area is 105 Å². The van der Waals surface area contributed by atoms with E-state index in [0.29, 0.717) is 6.54 Å². The summed E-state index contributed by atoms with van der Waals surface area (Å²) in [7, 11) is 0. The Morgan fingerprint density at radius 3 is 2.56 bits per heavy atom. The van der Waals surface area contributed by atoms with Crippen molar-refractivity contribution >= 4 is 5.97 Å². The number of benzene rings is 1. The van der Waals surface area contributed by atoms with E-state index in [4.69, 9.17) is 4.74 Å². The zero-order valence-corrected chi connectivity index (χ0v) is 10.7. The van der Waals surface area contributed by atoms with Gasteiger partial charge >= 0.3 is 5.97 Å². The van der Waals surface area contributed by atoms with E-state index < -0.39 is 23.1 Å². The van der Waals surface area contributed by atoms with Gasteiger partial charge in [0.1, 0.15) is 17.2 Å². The Kier molecular flexibility index (Phi) is 4.78. The predicted molar refractivity (Wildman–Crippen MR) is 64.0 cm³/mol. The lowest BCUT2D eigenvalue weighted by atomic mass is 9.91. The maximum Gasteiger partial charge on any atom is 0.330 e. The van der Waals surface area contributed by atoms with Crippen molar-refractivity contribution in [3.63, 3.8) is 0 Å². The van der Waals surface area contributed by atoms with E-state index in [1.807, 2.05) is 0 Å². The summed E-state index contributed by atoms with van der Waals surface area (Å²) < 4.78 is 31.6. The maximum absolute atomic E-state index is 13.8. The summed E-state index contributed by atoms with van der Waals surface area (Å²) in [5.74, 6) is -2.04.